The number of piperazine rings is 1. The van der Waals surface area contributed by atoms with Crippen LogP contribution in [0.1, 0.15) is 35.1 Å². The number of pyridine rings is 1. The Morgan fingerprint density at radius 2 is 1.83 bits per heavy atom. The smallest absolute Gasteiger partial charge is 0.475 e. The van der Waals surface area contributed by atoms with E-state index >= 15 is 0 Å². The van der Waals surface area contributed by atoms with E-state index in [4.69, 9.17) is 9.90 Å². The number of rotatable bonds is 4. The molecule has 2 aromatic rings. The fourth-order valence-corrected chi connectivity index (χ4v) is 3.54. The van der Waals surface area contributed by atoms with Crippen molar-refractivity contribution >= 4 is 23.6 Å². The highest BCUT2D eigenvalue weighted by atomic mass is 19.4. The second kappa shape index (κ2) is 10.5. The van der Waals surface area contributed by atoms with Crippen molar-refractivity contribution in [2.45, 2.75) is 25.1 Å². The summed E-state index contributed by atoms with van der Waals surface area (Å²) in [4.78, 5) is 39.4. The van der Waals surface area contributed by atoms with Crippen molar-refractivity contribution in [1.82, 2.24) is 34.6 Å². The van der Waals surface area contributed by atoms with Crippen molar-refractivity contribution in [1.29, 1.82) is 0 Å². The monoisotopic (exact) mass is 499 g/mol. The van der Waals surface area contributed by atoms with Gasteiger partial charge in [0.2, 0.25) is 0 Å². The maximum atomic E-state index is 12.5. The summed E-state index contributed by atoms with van der Waals surface area (Å²) < 4.78 is 33.6. The number of nitrogens with one attached hydrogen (secondary N) is 1. The first-order valence-electron chi connectivity index (χ1n) is 11.0. The number of carboxylic acid groups (broad SMARTS) is 1. The average Bonchev–Trinajstić information content (AvgIpc) is 3.54. The molecule has 3 amide bonds. The minimum Gasteiger partial charge on any atom is -0.475 e. The molecule has 0 radical (unpaired) electrons. The highest BCUT2D eigenvalue weighted by molar-refractivity contribution is 5.94. The van der Waals surface area contributed by atoms with E-state index in [9.17, 15) is 22.8 Å². The van der Waals surface area contributed by atoms with Crippen LogP contribution in [0, 0.1) is 5.92 Å². The van der Waals surface area contributed by atoms with Gasteiger partial charge in [-0.15, -0.1) is 10.2 Å². The molecule has 35 heavy (non-hydrogen) atoms. The van der Waals surface area contributed by atoms with E-state index in [1.54, 1.807) is 31.3 Å². The number of hydrogen-bond acceptors (Lipinski definition) is 6. The largest absolute Gasteiger partial charge is 0.490 e. The fourth-order valence-electron chi connectivity index (χ4n) is 3.54. The van der Waals surface area contributed by atoms with Crippen LogP contribution in [0.25, 0.3) is 5.65 Å². The molecule has 2 fully saturated rings. The van der Waals surface area contributed by atoms with Crippen molar-refractivity contribution in [3.63, 3.8) is 0 Å². The zero-order valence-corrected chi connectivity index (χ0v) is 19.6. The van der Waals surface area contributed by atoms with E-state index in [-0.39, 0.29) is 18.0 Å². The van der Waals surface area contributed by atoms with E-state index in [1.807, 2.05) is 22.4 Å². The molecule has 0 spiro atoms. The van der Waals surface area contributed by atoms with E-state index in [0.29, 0.717) is 30.2 Å². The Morgan fingerprint density at radius 1 is 1.17 bits per heavy atom. The van der Waals surface area contributed by atoms with Crippen LogP contribution in [-0.2, 0) is 4.79 Å². The number of carboxylic acids is 1. The third-order valence-electron chi connectivity index (χ3n) is 5.78. The summed E-state index contributed by atoms with van der Waals surface area (Å²) in [7, 11) is 5.54. The predicted molar refractivity (Wildman–Crippen MR) is 118 cm³/mol. The van der Waals surface area contributed by atoms with Crippen LogP contribution >= 0.6 is 0 Å². The minimum atomic E-state index is -5.08. The lowest BCUT2D eigenvalue weighted by Crippen LogP contribution is -2.52. The van der Waals surface area contributed by atoms with Gasteiger partial charge in [0.1, 0.15) is 0 Å². The Labute approximate surface area is 199 Å². The van der Waals surface area contributed by atoms with E-state index < -0.39 is 12.1 Å². The average molecular weight is 499 g/mol. The summed E-state index contributed by atoms with van der Waals surface area (Å²) in [6.07, 6.45) is -0.885. The molecule has 1 saturated carbocycles. The van der Waals surface area contributed by atoms with Gasteiger partial charge in [-0.25, -0.2) is 9.59 Å². The Hall–Kier alpha value is -3.42. The first-order chi connectivity index (χ1) is 16.4. The minimum absolute atomic E-state index is 0.00735. The molecule has 14 heteroatoms. The Bertz CT molecular complexity index is 1080. The number of halogens is 3. The van der Waals surface area contributed by atoms with Crippen LogP contribution in [0.3, 0.4) is 0 Å². The van der Waals surface area contributed by atoms with Gasteiger partial charge < -0.3 is 20.2 Å². The molecule has 4 rings (SSSR count). The second-order valence-electron chi connectivity index (χ2n) is 8.78. The summed E-state index contributed by atoms with van der Waals surface area (Å²) in [5.74, 6) is -1.46. The molecule has 2 aliphatic rings. The lowest BCUT2D eigenvalue weighted by Gasteiger charge is -2.39. The number of hydrogen-bond donors (Lipinski definition) is 2. The molecular formula is C21H28F3N7O4. The summed E-state index contributed by atoms with van der Waals surface area (Å²) in [5, 5.41) is 18.8. The topological polar surface area (TPSA) is 123 Å². The molecule has 2 aromatic heterocycles. The van der Waals surface area contributed by atoms with Crippen LogP contribution in [-0.4, -0.2) is 106 Å². The van der Waals surface area contributed by atoms with Crippen LogP contribution in [0.4, 0.5) is 18.0 Å². The zero-order valence-electron chi connectivity index (χ0n) is 19.6. The fraction of sp³-hybridized carbons (Fsp3) is 0.571. The van der Waals surface area contributed by atoms with Gasteiger partial charge in [0, 0.05) is 46.5 Å². The number of amides is 3. The Morgan fingerprint density at radius 3 is 2.40 bits per heavy atom. The van der Waals surface area contributed by atoms with Gasteiger partial charge in [-0.1, -0.05) is 0 Å². The van der Waals surface area contributed by atoms with Gasteiger partial charge in [-0.3, -0.25) is 14.1 Å². The Balaban J connectivity index is 0.000000429. The number of alkyl halides is 3. The predicted octanol–water partition coefficient (Wildman–Crippen LogP) is 1.47. The third kappa shape index (κ3) is 6.59. The number of urea groups is 1. The SMILES string of the molecule is CN(C)C(=O)N1CCN(C)C(c2nnc3ccc(C(=O)NCC4CC4)cn23)C1.O=C(O)C(F)(F)F. The molecule has 192 valence electrons. The van der Waals surface area contributed by atoms with Crippen molar-refractivity contribution in [3.05, 3.63) is 29.7 Å². The molecule has 1 aliphatic carbocycles. The van der Waals surface area contributed by atoms with E-state index in [1.165, 1.54) is 12.8 Å². The maximum absolute atomic E-state index is 12.5. The lowest BCUT2D eigenvalue weighted by molar-refractivity contribution is -0.192. The number of fused-ring (bicyclic) bond motifs is 1. The highest BCUT2D eigenvalue weighted by Crippen LogP contribution is 2.28. The van der Waals surface area contributed by atoms with Crippen molar-refractivity contribution in [3.8, 4) is 0 Å². The summed E-state index contributed by atoms with van der Waals surface area (Å²) in [6.45, 7) is 2.70. The van der Waals surface area contributed by atoms with Gasteiger partial charge >= 0.3 is 18.2 Å². The number of aliphatic carboxylic acids is 1. The quantitative estimate of drug-likeness (QED) is 0.653. The number of aromatic nitrogens is 3. The lowest BCUT2D eigenvalue weighted by atomic mass is 10.1. The molecule has 0 bridgehead atoms. The van der Waals surface area contributed by atoms with Gasteiger partial charge in [0.05, 0.1) is 11.6 Å². The van der Waals surface area contributed by atoms with E-state index in [2.05, 4.69) is 20.4 Å². The van der Waals surface area contributed by atoms with Gasteiger partial charge in [-0.05, 0) is 37.9 Å². The molecular weight excluding hydrogens is 471 g/mol. The van der Waals surface area contributed by atoms with Gasteiger partial charge in [-0.2, -0.15) is 13.2 Å². The summed E-state index contributed by atoms with van der Waals surface area (Å²) >= 11 is 0. The zero-order chi connectivity index (χ0) is 25.9. The molecule has 11 nitrogen and oxygen atoms in total. The first-order valence-corrected chi connectivity index (χ1v) is 11.0. The van der Waals surface area contributed by atoms with Crippen LogP contribution < -0.4 is 5.32 Å². The number of carbonyl (C=O) groups excluding carboxylic acids is 2. The summed E-state index contributed by atoms with van der Waals surface area (Å²) in [6, 6.07) is 3.50. The normalized spacial score (nSPS) is 18.6. The molecule has 3 heterocycles. The molecule has 1 atom stereocenters. The first kappa shape index (κ1) is 26.2. The molecule has 2 N–H and O–H groups in total. The second-order valence-corrected chi connectivity index (χ2v) is 8.78. The third-order valence-corrected chi connectivity index (χ3v) is 5.78. The van der Waals surface area contributed by atoms with Crippen LogP contribution in [0.15, 0.2) is 18.3 Å². The number of likely N-dealkylation sites (N-methyl/N-ethyl adjacent to an activating group) is 1. The van der Waals surface area contributed by atoms with Crippen LogP contribution in [0.5, 0.6) is 0 Å². The van der Waals surface area contributed by atoms with Crippen molar-refractivity contribution < 1.29 is 32.7 Å². The maximum Gasteiger partial charge on any atom is 0.490 e. The van der Waals surface area contributed by atoms with Gasteiger partial charge in [0.25, 0.3) is 5.91 Å². The molecule has 1 aliphatic heterocycles. The van der Waals surface area contributed by atoms with Gasteiger partial charge in [0.15, 0.2) is 11.5 Å². The Kier molecular flexibility index (Phi) is 7.83. The van der Waals surface area contributed by atoms with E-state index in [0.717, 1.165) is 18.9 Å². The van der Waals surface area contributed by atoms with Crippen molar-refractivity contribution in [2.24, 2.45) is 5.92 Å². The standard InChI is InChI=1S/C19H27N7O2.C2HF3O2/c1-23(2)19(28)25-9-8-24(3)15(12-25)17-22-21-16-7-6-14(11-26(16)17)18(27)20-10-13-4-5-13;3-2(4,5)1(6)7/h6-7,11,13,15H,4-5,8-10,12H2,1-3H3,(H,20,27);(H,6,7). The molecule has 1 unspecified atom stereocenters. The summed E-state index contributed by atoms with van der Waals surface area (Å²) in [5.41, 5.74) is 1.28. The van der Waals surface area contributed by atoms with Crippen molar-refractivity contribution in [2.75, 3.05) is 47.3 Å². The van der Waals surface area contributed by atoms with Crippen LogP contribution in [0.2, 0.25) is 0 Å². The number of carbonyl (C=O) groups is 3. The highest BCUT2D eigenvalue weighted by Gasteiger charge is 2.38. The molecule has 1 saturated heterocycles. The molecule has 0 aromatic carbocycles. The number of nitrogens with zero attached hydrogens (tertiary/aromatic N) is 6.